The largest absolute Gasteiger partial charge is 0.481 e. The molecule has 0 fully saturated rings. The third-order valence-electron chi connectivity index (χ3n) is 3.28. The van der Waals surface area contributed by atoms with E-state index in [1.807, 2.05) is 31.2 Å². The maximum Gasteiger partial charge on any atom is 0.305 e. The Hall–Kier alpha value is -2.96. The maximum atomic E-state index is 10.6. The fourth-order valence-corrected chi connectivity index (χ4v) is 2.15. The smallest absolute Gasteiger partial charge is 0.305 e. The number of nitrogens with one attached hydrogen (secondary N) is 1. The van der Waals surface area contributed by atoms with Gasteiger partial charge in [0, 0.05) is 6.54 Å². The van der Waals surface area contributed by atoms with Crippen LogP contribution in [0.3, 0.4) is 0 Å². The van der Waals surface area contributed by atoms with E-state index in [0.29, 0.717) is 18.0 Å². The quantitative estimate of drug-likeness (QED) is 0.748. The number of hydrogen-bond donors (Lipinski definition) is 2. The first kappa shape index (κ1) is 14.0. The van der Waals surface area contributed by atoms with Gasteiger partial charge in [-0.3, -0.25) is 4.79 Å². The number of carboxylic acids is 1. The van der Waals surface area contributed by atoms with E-state index in [0.717, 1.165) is 11.1 Å². The minimum Gasteiger partial charge on any atom is -0.481 e. The average molecular weight is 297 g/mol. The van der Waals surface area contributed by atoms with Gasteiger partial charge in [0.15, 0.2) is 5.65 Å². The molecule has 7 nitrogen and oxygen atoms in total. The van der Waals surface area contributed by atoms with E-state index in [4.69, 9.17) is 5.11 Å². The number of carboxylic acid groups (broad SMARTS) is 1. The van der Waals surface area contributed by atoms with Crippen molar-refractivity contribution in [2.45, 2.75) is 13.3 Å². The van der Waals surface area contributed by atoms with Crippen LogP contribution in [0.25, 0.3) is 16.7 Å². The van der Waals surface area contributed by atoms with Crippen molar-refractivity contribution in [2.24, 2.45) is 0 Å². The summed E-state index contributed by atoms with van der Waals surface area (Å²) in [6, 6.07) is 7.97. The highest BCUT2D eigenvalue weighted by Gasteiger charge is 2.11. The van der Waals surface area contributed by atoms with Crippen LogP contribution >= 0.6 is 0 Å². The van der Waals surface area contributed by atoms with Gasteiger partial charge in [-0.15, -0.1) is 0 Å². The van der Waals surface area contributed by atoms with Gasteiger partial charge in [0.1, 0.15) is 12.1 Å². The second-order valence-corrected chi connectivity index (χ2v) is 4.92. The third-order valence-corrected chi connectivity index (χ3v) is 3.28. The predicted molar refractivity (Wildman–Crippen MR) is 82.1 cm³/mol. The molecular weight excluding hydrogens is 282 g/mol. The van der Waals surface area contributed by atoms with E-state index in [1.165, 1.54) is 11.9 Å². The van der Waals surface area contributed by atoms with Gasteiger partial charge in [-0.2, -0.15) is 5.10 Å². The summed E-state index contributed by atoms with van der Waals surface area (Å²) in [6.45, 7) is 2.33. The van der Waals surface area contributed by atoms with Crippen LogP contribution in [-0.2, 0) is 4.79 Å². The molecule has 2 heterocycles. The molecule has 3 aromatic rings. The van der Waals surface area contributed by atoms with Crippen LogP contribution < -0.4 is 5.32 Å². The summed E-state index contributed by atoms with van der Waals surface area (Å²) < 4.78 is 1.73. The normalized spacial score (nSPS) is 10.8. The summed E-state index contributed by atoms with van der Waals surface area (Å²) in [5.74, 6) is -0.266. The molecule has 0 aliphatic rings. The highest BCUT2D eigenvalue weighted by Crippen LogP contribution is 2.21. The second kappa shape index (κ2) is 5.80. The molecule has 2 N–H and O–H groups in total. The standard InChI is InChI=1S/C15H15N5O2/c1-10-2-4-11(5-3-10)20-15-12(8-19-20)14(17-9-18-15)16-7-6-13(21)22/h2-5,8-9H,6-7H2,1H3,(H,21,22)(H,16,17,18). The van der Waals surface area contributed by atoms with Crippen molar-refractivity contribution in [1.82, 2.24) is 19.7 Å². The van der Waals surface area contributed by atoms with E-state index in [9.17, 15) is 4.79 Å². The van der Waals surface area contributed by atoms with Crippen LogP contribution in [0, 0.1) is 6.92 Å². The molecule has 1 aromatic carbocycles. The zero-order valence-corrected chi connectivity index (χ0v) is 12.0. The van der Waals surface area contributed by atoms with Gasteiger partial charge >= 0.3 is 5.97 Å². The van der Waals surface area contributed by atoms with Crippen LogP contribution in [0.1, 0.15) is 12.0 Å². The summed E-state index contributed by atoms with van der Waals surface area (Å²) in [5, 5.41) is 16.8. The number of hydrogen-bond acceptors (Lipinski definition) is 5. The van der Waals surface area contributed by atoms with Gasteiger partial charge in [-0.05, 0) is 19.1 Å². The fourth-order valence-electron chi connectivity index (χ4n) is 2.15. The van der Waals surface area contributed by atoms with Crippen LogP contribution in [-0.4, -0.2) is 37.4 Å². The summed E-state index contributed by atoms with van der Waals surface area (Å²) in [4.78, 5) is 19.0. The second-order valence-electron chi connectivity index (χ2n) is 4.92. The Morgan fingerprint density at radius 2 is 2.05 bits per heavy atom. The lowest BCUT2D eigenvalue weighted by atomic mass is 10.2. The molecule has 0 aliphatic heterocycles. The Bertz CT molecular complexity index is 810. The highest BCUT2D eigenvalue weighted by molar-refractivity contribution is 5.87. The molecular formula is C15H15N5O2. The molecule has 22 heavy (non-hydrogen) atoms. The molecule has 0 radical (unpaired) electrons. The molecule has 0 bridgehead atoms. The van der Waals surface area contributed by atoms with Crippen molar-refractivity contribution in [2.75, 3.05) is 11.9 Å². The number of aliphatic carboxylic acids is 1. The Morgan fingerprint density at radius 3 is 2.77 bits per heavy atom. The number of anilines is 1. The number of carbonyl (C=O) groups is 1. The van der Waals surface area contributed by atoms with Crippen LogP contribution in [0.2, 0.25) is 0 Å². The minimum atomic E-state index is -0.854. The molecule has 112 valence electrons. The van der Waals surface area contributed by atoms with Crippen molar-refractivity contribution < 1.29 is 9.90 Å². The van der Waals surface area contributed by atoms with E-state index in [2.05, 4.69) is 20.4 Å². The third kappa shape index (κ3) is 2.73. The predicted octanol–water partition coefficient (Wildman–Crippen LogP) is 2.01. The summed E-state index contributed by atoms with van der Waals surface area (Å²) in [7, 11) is 0. The van der Waals surface area contributed by atoms with Crippen molar-refractivity contribution in [1.29, 1.82) is 0 Å². The van der Waals surface area contributed by atoms with Gasteiger partial charge < -0.3 is 10.4 Å². The van der Waals surface area contributed by atoms with E-state index in [1.54, 1.807) is 10.9 Å². The van der Waals surface area contributed by atoms with Crippen molar-refractivity contribution in [3.63, 3.8) is 0 Å². The lowest BCUT2D eigenvalue weighted by Gasteiger charge is -2.06. The first-order valence-corrected chi connectivity index (χ1v) is 6.86. The lowest BCUT2D eigenvalue weighted by Crippen LogP contribution is -2.09. The van der Waals surface area contributed by atoms with Gasteiger partial charge in [-0.1, -0.05) is 17.7 Å². The van der Waals surface area contributed by atoms with Crippen molar-refractivity contribution in [3.8, 4) is 5.69 Å². The Kier molecular flexibility index (Phi) is 3.69. The van der Waals surface area contributed by atoms with Crippen LogP contribution in [0.4, 0.5) is 5.82 Å². The lowest BCUT2D eigenvalue weighted by molar-refractivity contribution is -0.136. The molecule has 0 saturated heterocycles. The molecule has 0 atom stereocenters. The van der Waals surface area contributed by atoms with Gasteiger partial charge in [0.2, 0.25) is 0 Å². The van der Waals surface area contributed by atoms with Crippen molar-refractivity contribution >= 4 is 22.8 Å². The number of benzene rings is 1. The van der Waals surface area contributed by atoms with Crippen LogP contribution in [0.5, 0.6) is 0 Å². The van der Waals surface area contributed by atoms with Crippen LogP contribution in [0.15, 0.2) is 36.8 Å². The van der Waals surface area contributed by atoms with Crippen molar-refractivity contribution in [3.05, 3.63) is 42.4 Å². The highest BCUT2D eigenvalue weighted by atomic mass is 16.4. The molecule has 0 aliphatic carbocycles. The molecule has 3 rings (SSSR count). The number of aromatic nitrogens is 4. The summed E-state index contributed by atoms with van der Waals surface area (Å²) in [5.41, 5.74) is 2.76. The average Bonchev–Trinajstić information content (AvgIpc) is 2.92. The SMILES string of the molecule is Cc1ccc(-n2ncc3c(NCCC(=O)O)ncnc32)cc1. The molecule has 0 spiro atoms. The maximum absolute atomic E-state index is 10.6. The first-order valence-electron chi connectivity index (χ1n) is 6.86. The fraction of sp³-hybridized carbons (Fsp3) is 0.200. The molecule has 7 heteroatoms. The van der Waals surface area contributed by atoms with E-state index in [-0.39, 0.29) is 6.42 Å². The van der Waals surface area contributed by atoms with Gasteiger partial charge in [-0.25, -0.2) is 14.6 Å². The number of rotatable bonds is 5. The summed E-state index contributed by atoms with van der Waals surface area (Å²) in [6.07, 6.45) is 3.15. The number of nitrogens with zero attached hydrogens (tertiary/aromatic N) is 4. The topological polar surface area (TPSA) is 92.9 Å². The molecule has 2 aromatic heterocycles. The zero-order valence-electron chi connectivity index (χ0n) is 12.0. The Balaban J connectivity index is 1.94. The van der Waals surface area contributed by atoms with E-state index < -0.39 is 5.97 Å². The first-order chi connectivity index (χ1) is 10.6. The summed E-state index contributed by atoms with van der Waals surface area (Å²) >= 11 is 0. The van der Waals surface area contributed by atoms with E-state index >= 15 is 0 Å². The number of fused-ring (bicyclic) bond motifs is 1. The molecule has 0 saturated carbocycles. The van der Waals surface area contributed by atoms with Gasteiger partial charge in [0.25, 0.3) is 0 Å². The number of aryl methyl sites for hydroxylation is 1. The Morgan fingerprint density at radius 1 is 1.27 bits per heavy atom. The molecule has 0 amide bonds. The Labute approximate surface area is 126 Å². The zero-order chi connectivity index (χ0) is 15.5. The van der Waals surface area contributed by atoms with Gasteiger partial charge in [0.05, 0.1) is 23.7 Å². The molecule has 0 unspecified atom stereocenters. The minimum absolute atomic E-state index is 0.0254. The monoisotopic (exact) mass is 297 g/mol.